The van der Waals surface area contributed by atoms with E-state index in [1.165, 1.54) is 0 Å². The largest absolute Gasteiger partial charge is 0.324 e. The van der Waals surface area contributed by atoms with Gasteiger partial charge in [-0.25, -0.2) is 4.79 Å². The molecular weight excluding hydrogens is 302 g/mol. The van der Waals surface area contributed by atoms with E-state index in [-0.39, 0.29) is 6.03 Å². The topological polar surface area (TPSA) is 71.8 Å². The monoisotopic (exact) mass is 317 g/mol. The Bertz CT molecular complexity index is 880. The zero-order valence-corrected chi connectivity index (χ0v) is 12.8. The number of carbonyl (C=O) groups is 1. The summed E-state index contributed by atoms with van der Waals surface area (Å²) in [6.07, 6.45) is 8.86. The lowest BCUT2D eigenvalue weighted by Crippen LogP contribution is -2.20. The van der Waals surface area contributed by atoms with Crippen molar-refractivity contribution in [1.29, 1.82) is 0 Å². The average Bonchev–Trinajstić information content (AvgIpc) is 3.02. The average molecular weight is 317 g/mol. The van der Waals surface area contributed by atoms with Crippen LogP contribution in [0.3, 0.4) is 0 Å². The molecule has 0 saturated carbocycles. The highest BCUT2D eigenvalue weighted by atomic mass is 16.2. The molecule has 2 N–H and O–H groups in total. The van der Waals surface area contributed by atoms with Crippen molar-refractivity contribution >= 4 is 17.5 Å². The second-order valence-electron chi connectivity index (χ2n) is 5.02. The van der Waals surface area contributed by atoms with Gasteiger partial charge < -0.3 is 5.32 Å². The number of anilines is 2. The van der Waals surface area contributed by atoms with Crippen LogP contribution in [0.25, 0.3) is 0 Å². The minimum Gasteiger partial charge on any atom is -0.308 e. The molecule has 0 aliphatic rings. The van der Waals surface area contributed by atoms with Crippen LogP contribution in [0.5, 0.6) is 0 Å². The molecular formula is C18H15N5O. The maximum atomic E-state index is 12.0. The number of terminal acetylenes is 1. The van der Waals surface area contributed by atoms with Gasteiger partial charge in [-0.2, -0.15) is 5.10 Å². The fourth-order valence-electron chi connectivity index (χ4n) is 2.14. The molecule has 2 amide bonds. The van der Waals surface area contributed by atoms with Crippen LogP contribution in [0.15, 0.2) is 60.9 Å². The molecule has 2 heterocycles. The first-order valence-corrected chi connectivity index (χ1v) is 7.31. The van der Waals surface area contributed by atoms with Crippen LogP contribution in [0, 0.1) is 12.3 Å². The molecule has 0 saturated heterocycles. The Morgan fingerprint density at radius 1 is 1.17 bits per heavy atom. The first-order valence-electron chi connectivity index (χ1n) is 7.31. The summed E-state index contributed by atoms with van der Waals surface area (Å²) < 4.78 is 1.71. The Kier molecular flexibility index (Phi) is 4.54. The number of hydrogen-bond acceptors (Lipinski definition) is 3. The van der Waals surface area contributed by atoms with Gasteiger partial charge in [0.1, 0.15) is 0 Å². The van der Waals surface area contributed by atoms with Crippen molar-refractivity contribution in [1.82, 2.24) is 14.8 Å². The van der Waals surface area contributed by atoms with Gasteiger partial charge in [-0.3, -0.25) is 15.0 Å². The number of rotatable bonds is 4. The van der Waals surface area contributed by atoms with Crippen LogP contribution in [-0.4, -0.2) is 20.8 Å². The van der Waals surface area contributed by atoms with Crippen LogP contribution in [-0.2, 0) is 6.54 Å². The summed E-state index contributed by atoms with van der Waals surface area (Å²) in [5.74, 6) is 2.98. The van der Waals surface area contributed by atoms with E-state index in [0.29, 0.717) is 23.6 Å². The number of benzene rings is 1. The maximum absolute atomic E-state index is 12.0. The third-order valence-electron chi connectivity index (χ3n) is 3.22. The number of pyridine rings is 1. The van der Waals surface area contributed by atoms with E-state index in [0.717, 1.165) is 5.69 Å². The molecule has 0 spiro atoms. The molecule has 0 unspecified atom stereocenters. The minimum absolute atomic E-state index is 0.382. The third-order valence-corrected chi connectivity index (χ3v) is 3.22. The number of carbonyl (C=O) groups excluding carboxylic acids is 1. The van der Waals surface area contributed by atoms with Crippen molar-refractivity contribution in [3.8, 4) is 12.3 Å². The molecule has 6 nitrogen and oxygen atoms in total. The Morgan fingerprint density at radius 3 is 2.88 bits per heavy atom. The first kappa shape index (κ1) is 15.3. The van der Waals surface area contributed by atoms with Crippen molar-refractivity contribution < 1.29 is 4.79 Å². The summed E-state index contributed by atoms with van der Waals surface area (Å²) in [7, 11) is 0. The van der Waals surface area contributed by atoms with Gasteiger partial charge in [-0.15, -0.1) is 6.42 Å². The van der Waals surface area contributed by atoms with Gasteiger partial charge in [-0.1, -0.05) is 18.1 Å². The van der Waals surface area contributed by atoms with Crippen LogP contribution in [0.1, 0.15) is 11.3 Å². The van der Waals surface area contributed by atoms with Crippen LogP contribution >= 0.6 is 0 Å². The SMILES string of the molecule is C#Cc1cccc(NC(=O)Nc2ccn(Cc3ccccn3)n2)c1. The normalized spacial score (nSPS) is 9.96. The molecule has 0 atom stereocenters. The predicted molar refractivity (Wildman–Crippen MR) is 92.6 cm³/mol. The van der Waals surface area contributed by atoms with Crippen LogP contribution in [0.2, 0.25) is 0 Å². The highest BCUT2D eigenvalue weighted by Gasteiger charge is 2.06. The zero-order valence-electron chi connectivity index (χ0n) is 12.8. The summed E-state index contributed by atoms with van der Waals surface area (Å²) in [4.78, 5) is 16.3. The van der Waals surface area contributed by atoms with E-state index in [1.807, 2.05) is 18.2 Å². The molecule has 6 heteroatoms. The smallest absolute Gasteiger partial charge is 0.308 e. The van der Waals surface area contributed by atoms with Crippen molar-refractivity contribution in [2.45, 2.75) is 6.54 Å². The summed E-state index contributed by atoms with van der Waals surface area (Å²) in [5.41, 5.74) is 2.21. The first-order chi connectivity index (χ1) is 11.7. The lowest BCUT2D eigenvalue weighted by atomic mass is 10.2. The van der Waals surface area contributed by atoms with E-state index in [4.69, 9.17) is 6.42 Å². The summed E-state index contributed by atoms with van der Waals surface area (Å²) in [5, 5.41) is 9.69. The molecule has 0 aliphatic heterocycles. The lowest BCUT2D eigenvalue weighted by molar-refractivity contribution is 0.262. The molecule has 118 valence electrons. The van der Waals surface area contributed by atoms with Gasteiger partial charge >= 0.3 is 6.03 Å². The van der Waals surface area contributed by atoms with E-state index in [1.54, 1.807) is 47.4 Å². The fourth-order valence-corrected chi connectivity index (χ4v) is 2.14. The van der Waals surface area contributed by atoms with Crippen molar-refractivity contribution in [3.63, 3.8) is 0 Å². The zero-order chi connectivity index (χ0) is 16.8. The number of nitrogens with zero attached hydrogens (tertiary/aromatic N) is 3. The molecule has 0 aliphatic carbocycles. The Balaban J connectivity index is 1.60. The van der Waals surface area contributed by atoms with Gasteiger partial charge in [0, 0.05) is 29.7 Å². The molecule has 3 aromatic rings. The second kappa shape index (κ2) is 7.11. The molecule has 0 radical (unpaired) electrons. The number of amides is 2. The van der Waals surface area contributed by atoms with Crippen LogP contribution in [0.4, 0.5) is 16.3 Å². The number of hydrogen-bond donors (Lipinski definition) is 2. The molecule has 0 fully saturated rings. The summed E-state index contributed by atoms with van der Waals surface area (Å²) in [6, 6.07) is 14.1. The van der Waals surface area contributed by atoms with Crippen LogP contribution < -0.4 is 10.6 Å². The molecule has 24 heavy (non-hydrogen) atoms. The van der Waals surface area contributed by atoms with Gasteiger partial charge in [0.15, 0.2) is 5.82 Å². The Labute approximate surface area is 139 Å². The van der Waals surface area contributed by atoms with Crippen molar-refractivity contribution in [2.24, 2.45) is 0 Å². The number of urea groups is 1. The maximum Gasteiger partial charge on any atom is 0.324 e. The Morgan fingerprint density at radius 2 is 2.08 bits per heavy atom. The minimum atomic E-state index is -0.382. The van der Waals surface area contributed by atoms with E-state index >= 15 is 0 Å². The fraction of sp³-hybridized carbons (Fsp3) is 0.0556. The highest BCUT2D eigenvalue weighted by molar-refractivity contribution is 5.99. The quantitative estimate of drug-likeness (QED) is 0.727. The van der Waals surface area contributed by atoms with Gasteiger partial charge in [0.2, 0.25) is 0 Å². The summed E-state index contributed by atoms with van der Waals surface area (Å²) >= 11 is 0. The predicted octanol–water partition coefficient (Wildman–Crippen LogP) is 2.95. The molecule has 1 aromatic carbocycles. The van der Waals surface area contributed by atoms with E-state index in [9.17, 15) is 4.79 Å². The highest BCUT2D eigenvalue weighted by Crippen LogP contribution is 2.11. The standard InChI is InChI=1S/C18H15N5O/c1-2-14-6-5-8-15(12-14)20-18(24)21-17-9-11-23(22-17)13-16-7-3-4-10-19-16/h1,3-12H,13H2,(H2,20,21,22,24). The van der Waals surface area contributed by atoms with Crippen molar-refractivity contribution in [2.75, 3.05) is 10.6 Å². The Hall–Kier alpha value is -3.59. The van der Waals surface area contributed by atoms with Gasteiger partial charge in [-0.05, 0) is 30.3 Å². The molecule has 3 rings (SSSR count). The van der Waals surface area contributed by atoms with E-state index in [2.05, 4.69) is 26.6 Å². The second-order valence-corrected chi connectivity index (χ2v) is 5.02. The van der Waals surface area contributed by atoms with E-state index < -0.39 is 0 Å². The molecule has 0 bridgehead atoms. The lowest BCUT2D eigenvalue weighted by Gasteiger charge is -2.06. The number of aromatic nitrogens is 3. The molecule has 2 aromatic heterocycles. The number of nitrogens with one attached hydrogen (secondary N) is 2. The van der Waals surface area contributed by atoms with Gasteiger partial charge in [0.25, 0.3) is 0 Å². The third kappa shape index (κ3) is 3.99. The van der Waals surface area contributed by atoms with Gasteiger partial charge in [0.05, 0.1) is 12.2 Å². The van der Waals surface area contributed by atoms with Crippen molar-refractivity contribution in [3.05, 3.63) is 72.2 Å². The summed E-state index contributed by atoms with van der Waals surface area (Å²) in [6.45, 7) is 0.536.